The molecule has 1 aromatic heterocycles. The number of anilines is 1. The third kappa shape index (κ3) is 4.32. The Balaban J connectivity index is 1.90. The molecule has 0 bridgehead atoms. The van der Waals surface area contributed by atoms with E-state index in [2.05, 4.69) is 26.1 Å². The van der Waals surface area contributed by atoms with E-state index in [1.165, 1.54) is 23.3 Å². The van der Waals surface area contributed by atoms with Crippen LogP contribution in [0.1, 0.15) is 64.8 Å². The molecular weight excluding hydrogens is 386 g/mol. The molecule has 1 heterocycles. The topological polar surface area (TPSA) is 64.6 Å². The van der Waals surface area contributed by atoms with Crippen LogP contribution in [0.5, 0.6) is 5.75 Å². The van der Waals surface area contributed by atoms with Crippen molar-refractivity contribution in [1.29, 1.82) is 0 Å². The summed E-state index contributed by atoms with van der Waals surface area (Å²) in [7, 11) is 2.97. The molecule has 6 heteroatoms. The smallest absolute Gasteiger partial charge is 0.341 e. The maximum atomic E-state index is 12.8. The largest absolute Gasteiger partial charge is 0.497 e. The predicted molar refractivity (Wildman–Crippen MR) is 116 cm³/mol. The summed E-state index contributed by atoms with van der Waals surface area (Å²) in [6, 6.07) is 6.90. The second kappa shape index (κ2) is 8.57. The van der Waals surface area contributed by atoms with E-state index in [9.17, 15) is 9.59 Å². The Kier molecular flexibility index (Phi) is 6.32. The van der Waals surface area contributed by atoms with Crippen molar-refractivity contribution in [1.82, 2.24) is 0 Å². The standard InChI is InChI=1S/C23H29NO4S/c1-6-23(2,3)15-9-12-17-18(13-15)29-21(19(17)22(26)28-5)24-20(25)14-7-10-16(27-4)11-8-14/h7-8,10-11,15H,6,9,12-13H2,1-5H3,(H,24,25). The van der Waals surface area contributed by atoms with Crippen molar-refractivity contribution in [2.24, 2.45) is 11.3 Å². The second-order valence-electron chi connectivity index (χ2n) is 8.16. The van der Waals surface area contributed by atoms with Crippen molar-refractivity contribution in [3.63, 3.8) is 0 Å². The fourth-order valence-electron chi connectivity index (χ4n) is 3.87. The number of methoxy groups -OCH3 is 2. The Bertz CT molecular complexity index is 898. The van der Waals surface area contributed by atoms with E-state index in [-0.39, 0.29) is 17.3 Å². The van der Waals surface area contributed by atoms with Crippen molar-refractivity contribution in [2.45, 2.75) is 46.5 Å². The maximum Gasteiger partial charge on any atom is 0.341 e. The molecule has 0 aliphatic heterocycles. The van der Waals surface area contributed by atoms with Crippen LogP contribution in [0.25, 0.3) is 0 Å². The SMILES string of the molecule is CCC(C)(C)C1CCc2c(sc(NC(=O)c3ccc(OC)cc3)c2C(=O)OC)C1. The van der Waals surface area contributed by atoms with Gasteiger partial charge in [0.1, 0.15) is 10.8 Å². The third-order valence-electron chi connectivity index (χ3n) is 6.25. The van der Waals surface area contributed by atoms with Crippen LogP contribution in [0.4, 0.5) is 5.00 Å². The summed E-state index contributed by atoms with van der Waals surface area (Å²) < 4.78 is 10.2. The lowest BCUT2D eigenvalue weighted by Crippen LogP contribution is -2.28. The molecule has 0 fully saturated rings. The quantitative estimate of drug-likeness (QED) is 0.647. The van der Waals surface area contributed by atoms with Gasteiger partial charge in [-0.2, -0.15) is 0 Å². The van der Waals surface area contributed by atoms with Crippen LogP contribution in [0, 0.1) is 11.3 Å². The minimum atomic E-state index is -0.388. The molecule has 3 rings (SSSR count). The molecule has 156 valence electrons. The normalized spacial score (nSPS) is 16.1. The van der Waals surface area contributed by atoms with Gasteiger partial charge >= 0.3 is 5.97 Å². The first-order chi connectivity index (χ1) is 13.8. The molecule has 1 aliphatic carbocycles. The molecule has 5 nitrogen and oxygen atoms in total. The summed E-state index contributed by atoms with van der Waals surface area (Å²) in [4.78, 5) is 26.5. The van der Waals surface area contributed by atoms with Crippen LogP contribution < -0.4 is 10.1 Å². The predicted octanol–water partition coefficient (Wildman–Crippen LogP) is 5.34. The number of rotatable bonds is 6. The number of carbonyl (C=O) groups is 2. The lowest BCUT2D eigenvalue weighted by Gasteiger charge is -2.36. The highest BCUT2D eigenvalue weighted by molar-refractivity contribution is 7.17. The highest BCUT2D eigenvalue weighted by Gasteiger charge is 2.35. The number of ether oxygens (including phenoxy) is 2. The molecule has 1 unspecified atom stereocenters. The molecule has 0 radical (unpaired) electrons. The Hall–Kier alpha value is -2.34. The molecule has 1 amide bonds. The van der Waals surface area contributed by atoms with Gasteiger partial charge in [-0.25, -0.2) is 4.79 Å². The molecule has 1 aromatic carbocycles. The summed E-state index contributed by atoms with van der Waals surface area (Å²) in [5.41, 5.74) is 2.31. The van der Waals surface area contributed by atoms with Crippen molar-refractivity contribution in [3.05, 3.63) is 45.8 Å². The minimum absolute atomic E-state index is 0.248. The zero-order valence-electron chi connectivity index (χ0n) is 17.8. The second-order valence-corrected chi connectivity index (χ2v) is 9.27. The van der Waals surface area contributed by atoms with E-state index in [0.717, 1.165) is 31.2 Å². The Morgan fingerprint density at radius 3 is 2.48 bits per heavy atom. The van der Waals surface area contributed by atoms with E-state index < -0.39 is 0 Å². The highest BCUT2D eigenvalue weighted by Crippen LogP contribution is 2.45. The van der Waals surface area contributed by atoms with Gasteiger partial charge in [0.05, 0.1) is 19.8 Å². The van der Waals surface area contributed by atoms with Crippen LogP contribution in [-0.4, -0.2) is 26.1 Å². The van der Waals surface area contributed by atoms with Crippen LogP contribution in [0.15, 0.2) is 24.3 Å². The zero-order valence-corrected chi connectivity index (χ0v) is 18.6. The van der Waals surface area contributed by atoms with Gasteiger partial charge in [0.25, 0.3) is 5.91 Å². The molecule has 2 aromatic rings. The first kappa shape index (κ1) is 21.4. The lowest BCUT2D eigenvalue weighted by atomic mass is 9.69. The first-order valence-corrected chi connectivity index (χ1v) is 10.8. The molecule has 1 atom stereocenters. The van der Waals surface area contributed by atoms with Crippen LogP contribution in [0.2, 0.25) is 0 Å². The number of thiophene rings is 1. The average molecular weight is 416 g/mol. The Morgan fingerprint density at radius 1 is 1.21 bits per heavy atom. The molecule has 0 saturated heterocycles. The van der Waals surface area contributed by atoms with Crippen LogP contribution in [0.3, 0.4) is 0 Å². The highest BCUT2D eigenvalue weighted by atomic mass is 32.1. The van der Waals surface area contributed by atoms with Gasteiger partial charge in [-0.15, -0.1) is 11.3 Å². The fraction of sp³-hybridized carbons (Fsp3) is 0.478. The Morgan fingerprint density at radius 2 is 1.90 bits per heavy atom. The van der Waals surface area contributed by atoms with Gasteiger partial charge in [-0.1, -0.05) is 27.2 Å². The van der Waals surface area contributed by atoms with Gasteiger partial charge in [0, 0.05) is 10.4 Å². The molecule has 1 N–H and O–H groups in total. The van der Waals surface area contributed by atoms with E-state index in [1.54, 1.807) is 31.4 Å². The van der Waals surface area contributed by atoms with Crippen molar-refractivity contribution in [3.8, 4) is 5.75 Å². The number of hydrogen-bond donors (Lipinski definition) is 1. The molecule has 29 heavy (non-hydrogen) atoms. The summed E-state index contributed by atoms with van der Waals surface area (Å²) >= 11 is 1.51. The van der Waals surface area contributed by atoms with Crippen molar-refractivity contribution < 1.29 is 19.1 Å². The van der Waals surface area contributed by atoms with Crippen molar-refractivity contribution in [2.75, 3.05) is 19.5 Å². The number of esters is 1. The number of amides is 1. The maximum absolute atomic E-state index is 12.8. The lowest BCUT2D eigenvalue weighted by molar-refractivity contribution is 0.0600. The number of carbonyl (C=O) groups excluding carboxylic acids is 2. The first-order valence-electron chi connectivity index (χ1n) is 9.99. The molecule has 0 saturated carbocycles. The van der Waals surface area contributed by atoms with Crippen LogP contribution >= 0.6 is 11.3 Å². The average Bonchev–Trinajstić information content (AvgIpc) is 3.10. The van der Waals surface area contributed by atoms with E-state index in [0.29, 0.717) is 27.8 Å². The minimum Gasteiger partial charge on any atom is -0.497 e. The number of nitrogens with one attached hydrogen (secondary N) is 1. The van der Waals surface area contributed by atoms with Crippen LogP contribution in [-0.2, 0) is 17.6 Å². The molecular formula is C23H29NO4S. The summed E-state index contributed by atoms with van der Waals surface area (Å²) in [5.74, 6) is 0.616. The number of hydrogen-bond acceptors (Lipinski definition) is 5. The number of fused-ring (bicyclic) bond motifs is 1. The van der Waals surface area contributed by atoms with Gasteiger partial charge in [0.2, 0.25) is 0 Å². The van der Waals surface area contributed by atoms with Gasteiger partial charge < -0.3 is 14.8 Å². The third-order valence-corrected chi connectivity index (χ3v) is 7.42. The molecule has 0 spiro atoms. The zero-order chi connectivity index (χ0) is 21.2. The van der Waals surface area contributed by atoms with E-state index >= 15 is 0 Å². The van der Waals surface area contributed by atoms with Gasteiger partial charge in [-0.3, -0.25) is 4.79 Å². The van der Waals surface area contributed by atoms with Crippen molar-refractivity contribution >= 4 is 28.2 Å². The monoisotopic (exact) mass is 415 g/mol. The fourth-order valence-corrected chi connectivity index (χ4v) is 5.18. The summed E-state index contributed by atoms with van der Waals surface area (Å²) in [5, 5.41) is 3.52. The number of benzene rings is 1. The van der Waals surface area contributed by atoms with Gasteiger partial charge in [0.15, 0.2) is 0 Å². The van der Waals surface area contributed by atoms with Gasteiger partial charge in [-0.05, 0) is 60.4 Å². The van der Waals surface area contributed by atoms with E-state index in [1.807, 2.05) is 0 Å². The Labute approximate surface area is 176 Å². The van der Waals surface area contributed by atoms with E-state index in [4.69, 9.17) is 9.47 Å². The molecule has 1 aliphatic rings. The summed E-state index contributed by atoms with van der Waals surface area (Å²) in [6.45, 7) is 6.85. The summed E-state index contributed by atoms with van der Waals surface area (Å²) in [6.07, 6.45) is 3.93.